The van der Waals surface area contributed by atoms with Gasteiger partial charge in [0.2, 0.25) is 0 Å². The summed E-state index contributed by atoms with van der Waals surface area (Å²) in [7, 11) is 1.92. The first-order valence-corrected chi connectivity index (χ1v) is 4.02. The Labute approximate surface area is 72.8 Å². The Hall–Kier alpha value is -1.22. The van der Waals surface area contributed by atoms with Crippen molar-refractivity contribution < 1.29 is 0 Å². The Balaban J connectivity index is 2.75. The lowest BCUT2D eigenvalue weighted by atomic mass is 10.1. The molecular formula is C9H15N3. The highest BCUT2D eigenvalue weighted by Gasteiger charge is 1.97. The zero-order valence-electron chi connectivity index (χ0n) is 7.30. The average molecular weight is 165 g/mol. The Morgan fingerprint density at radius 3 is 2.75 bits per heavy atom. The van der Waals surface area contributed by atoms with Crippen LogP contribution in [0.1, 0.15) is 5.56 Å². The van der Waals surface area contributed by atoms with Gasteiger partial charge in [0.1, 0.15) is 0 Å². The van der Waals surface area contributed by atoms with Gasteiger partial charge >= 0.3 is 0 Å². The maximum Gasteiger partial charge on any atom is 0.0348 e. The zero-order chi connectivity index (χ0) is 8.97. The summed E-state index contributed by atoms with van der Waals surface area (Å²) in [6.07, 6.45) is 0.924. The van der Waals surface area contributed by atoms with Crippen molar-refractivity contribution in [3.05, 3.63) is 23.8 Å². The molecule has 66 valence electrons. The first-order chi connectivity index (χ1) is 5.74. The average Bonchev–Trinajstić information content (AvgIpc) is 2.07. The summed E-state index contributed by atoms with van der Waals surface area (Å²) >= 11 is 0. The van der Waals surface area contributed by atoms with E-state index in [0.717, 1.165) is 29.9 Å². The predicted octanol–water partition coefficient (Wildman–Crippen LogP) is 0.613. The molecule has 1 aromatic rings. The Morgan fingerprint density at radius 2 is 2.08 bits per heavy atom. The van der Waals surface area contributed by atoms with Crippen LogP contribution in [0.5, 0.6) is 0 Å². The monoisotopic (exact) mass is 165 g/mol. The van der Waals surface area contributed by atoms with E-state index < -0.39 is 0 Å². The molecule has 0 spiro atoms. The Morgan fingerprint density at radius 1 is 1.33 bits per heavy atom. The number of hydrogen-bond acceptors (Lipinski definition) is 3. The van der Waals surface area contributed by atoms with E-state index in [1.54, 1.807) is 0 Å². The Kier molecular flexibility index (Phi) is 2.94. The highest BCUT2D eigenvalue weighted by Crippen LogP contribution is 2.15. The molecule has 0 aliphatic rings. The lowest BCUT2D eigenvalue weighted by Gasteiger charge is -2.05. The van der Waals surface area contributed by atoms with Crippen LogP contribution in [-0.4, -0.2) is 13.6 Å². The summed E-state index contributed by atoms with van der Waals surface area (Å²) in [5.41, 5.74) is 14.1. The van der Waals surface area contributed by atoms with Crippen LogP contribution in [0.4, 0.5) is 11.4 Å². The van der Waals surface area contributed by atoms with Gasteiger partial charge in [0, 0.05) is 11.4 Å². The van der Waals surface area contributed by atoms with Crippen molar-refractivity contribution in [1.82, 2.24) is 5.32 Å². The fourth-order valence-corrected chi connectivity index (χ4v) is 1.10. The van der Waals surface area contributed by atoms with E-state index in [0.29, 0.717) is 0 Å². The van der Waals surface area contributed by atoms with Crippen molar-refractivity contribution in [2.45, 2.75) is 6.42 Å². The van der Waals surface area contributed by atoms with Crippen LogP contribution >= 0.6 is 0 Å². The molecule has 0 aliphatic heterocycles. The number of benzene rings is 1. The maximum absolute atomic E-state index is 5.75. The summed E-state index contributed by atoms with van der Waals surface area (Å²) in [6.45, 7) is 0.924. The maximum atomic E-state index is 5.75. The summed E-state index contributed by atoms with van der Waals surface area (Å²) in [5, 5.41) is 3.07. The molecule has 3 heteroatoms. The van der Waals surface area contributed by atoms with Gasteiger partial charge in [0.05, 0.1) is 0 Å². The second kappa shape index (κ2) is 3.97. The van der Waals surface area contributed by atoms with E-state index in [1.807, 2.05) is 25.2 Å². The minimum absolute atomic E-state index is 0.773. The molecule has 12 heavy (non-hydrogen) atoms. The van der Waals surface area contributed by atoms with Gasteiger partial charge in [-0.15, -0.1) is 0 Å². The summed E-state index contributed by atoms with van der Waals surface area (Å²) in [4.78, 5) is 0. The van der Waals surface area contributed by atoms with E-state index in [1.165, 1.54) is 0 Å². The van der Waals surface area contributed by atoms with Crippen LogP contribution in [0.3, 0.4) is 0 Å². The van der Waals surface area contributed by atoms with Crippen LogP contribution in [0.2, 0.25) is 0 Å². The van der Waals surface area contributed by atoms with Crippen molar-refractivity contribution in [2.75, 3.05) is 25.1 Å². The number of nitrogen functional groups attached to an aromatic ring is 2. The smallest absolute Gasteiger partial charge is 0.0348 e. The van der Waals surface area contributed by atoms with Gasteiger partial charge in [-0.25, -0.2) is 0 Å². The van der Waals surface area contributed by atoms with Gasteiger partial charge in [-0.1, -0.05) is 0 Å². The topological polar surface area (TPSA) is 64.1 Å². The van der Waals surface area contributed by atoms with E-state index in [9.17, 15) is 0 Å². The van der Waals surface area contributed by atoms with E-state index in [2.05, 4.69) is 5.32 Å². The molecule has 0 amide bonds. The molecule has 0 saturated heterocycles. The molecule has 1 rings (SSSR count). The Bertz CT molecular complexity index is 258. The fraction of sp³-hybridized carbons (Fsp3) is 0.333. The number of nitrogens with two attached hydrogens (primary N) is 2. The van der Waals surface area contributed by atoms with Crippen LogP contribution in [-0.2, 0) is 6.42 Å². The lowest BCUT2D eigenvalue weighted by molar-refractivity contribution is 0.793. The highest BCUT2D eigenvalue weighted by atomic mass is 14.8. The molecule has 0 bridgehead atoms. The van der Waals surface area contributed by atoms with Gasteiger partial charge < -0.3 is 16.8 Å². The number of anilines is 2. The van der Waals surface area contributed by atoms with Gasteiger partial charge in [-0.05, 0) is 43.8 Å². The molecular weight excluding hydrogens is 150 g/mol. The minimum Gasteiger partial charge on any atom is -0.399 e. The molecule has 0 saturated carbocycles. The third-order valence-electron chi connectivity index (χ3n) is 1.81. The van der Waals surface area contributed by atoms with Crippen molar-refractivity contribution >= 4 is 11.4 Å². The quantitative estimate of drug-likeness (QED) is 0.575. The molecule has 0 aliphatic carbocycles. The van der Waals surface area contributed by atoms with Crippen LogP contribution in [0.15, 0.2) is 18.2 Å². The second-order valence-electron chi connectivity index (χ2n) is 2.81. The third kappa shape index (κ3) is 2.13. The molecule has 0 atom stereocenters. The predicted molar refractivity (Wildman–Crippen MR) is 52.9 cm³/mol. The minimum atomic E-state index is 0.773. The molecule has 5 N–H and O–H groups in total. The first kappa shape index (κ1) is 8.87. The van der Waals surface area contributed by atoms with Crippen molar-refractivity contribution in [3.63, 3.8) is 0 Å². The molecule has 0 unspecified atom stereocenters. The van der Waals surface area contributed by atoms with Gasteiger partial charge in [0.25, 0.3) is 0 Å². The molecule has 0 heterocycles. The normalized spacial score (nSPS) is 10.1. The van der Waals surface area contributed by atoms with Gasteiger partial charge in [0.15, 0.2) is 0 Å². The largest absolute Gasteiger partial charge is 0.399 e. The summed E-state index contributed by atoms with van der Waals surface area (Å²) < 4.78 is 0. The van der Waals surface area contributed by atoms with E-state index >= 15 is 0 Å². The van der Waals surface area contributed by atoms with Crippen LogP contribution in [0, 0.1) is 0 Å². The first-order valence-electron chi connectivity index (χ1n) is 4.02. The van der Waals surface area contributed by atoms with Crippen LogP contribution in [0.25, 0.3) is 0 Å². The zero-order valence-corrected chi connectivity index (χ0v) is 7.30. The second-order valence-corrected chi connectivity index (χ2v) is 2.81. The summed E-state index contributed by atoms with van der Waals surface area (Å²) in [5.74, 6) is 0. The number of likely N-dealkylation sites (N-methyl/N-ethyl adjacent to an activating group) is 1. The molecule has 3 nitrogen and oxygen atoms in total. The van der Waals surface area contributed by atoms with E-state index in [4.69, 9.17) is 11.5 Å². The number of hydrogen-bond donors (Lipinski definition) is 3. The molecule has 0 aromatic heterocycles. The van der Waals surface area contributed by atoms with E-state index in [-0.39, 0.29) is 0 Å². The molecule has 0 fully saturated rings. The fourth-order valence-electron chi connectivity index (χ4n) is 1.10. The number of nitrogens with one attached hydrogen (secondary N) is 1. The standard InChI is InChI=1S/C9H15N3/c1-12-5-4-7-6-8(10)2-3-9(7)11/h2-3,6,12H,4-5,10-11H2,1H3. The highest BCUT2D eigenvalue weighted by molar-refractivity contribution is 5.55. The number of rotatable bonds is 3. The van der Waals surface area contributed by atoms with Crippen molar-refractivity contribution in [1.29, 1.82) is 0 Å². The van der Waals surface area contributed by atoms with Crippen molar-refractivity contribution in [2.24, 2.45) is 0 Å². The molecule has 0 radical (unpaired) electrons. The summed E-state index contributed by atoms with van der Waals surface area (Å²) in [6, 6.07) is 5.59. The molecule has 1 aromatic carbocycles. The third-order valence-corrected chi connectivity index (χ3v) is 1.81. The van der Waals surface area contributed by atoms with Crippen molar-refractivity contribution in [3.8, 4) is 0 Å². The SMILES string of the molecule is CNCCc1cc(N)ccc1N. The van der Waals surface area contributed by atoms with Crippen LogP contribution < -0.4 is 16.8 Å². The van der Waals surface area contributed by atoms with Gasteiger partial charge in [-0.2, -0.15) is 0 Å². The van der Waals surface area contributed by atoms with Gasteiger partial charge in [-0.3, -0.25) is 0 Å². The lowest BCUT2D eigenvalue weighted by Crippen LogP contribution is -2.11.